The van der Waals surface area contributed by atoms with E-state index >= 15 is 0 Å². The summed E-state index contributed by atoms with van der Waals surface area (Å²) in [6.45, 7) is 1.07. The number of carbonyl (C=O) groups is 1. The summed E-state index contributed by atoms with van der Waals surface area (Å²) in [5, 5.41) is 27.3. The highest BCUT2D eigenvalue weighted by atomic mass is 16.5. The van der Waals surface area contributed by atoms with Crippen LogP contribution in [0.25, 0.3) is 0 Å². The van der Waals surface area contributed by atoms with Gasteiger partial charge in [-0.25, -0.2) is 9.48 Å². The Labute approximate surface area is 164 Å². The van der Waals surface area contributed by atoms with Crippen LogP contribution in [0, 0.1) is 0 Å². The summed E-state index contributed by atoms with van der Waals surface area (Å²) in [7, 11) is 0. The average molecular weight is 389 g/mol. The van der Waals surface area contributed by atoms with Crippen molar-refractivity contribution < 1.29 is 24.5 Å². The first-order valence-electron chi connectivity index (χ1n) is 9.60. The van der Waals surface area contributed by atoms with Crippen molar-refractivity contribution in [3.05, 3.63) is 53.9 Å². The predicted molar refractivity (Wildman–Crippen MR) is 101 cm³/mol. The zero-order chi connectivity index (χ0) is 19.8. The minimum atomic E-state index is -1.08. The Balaban J connectivity index is 1.38. The largest absolute Gasteiger partial charge is 0.445 e. The van der Waals surface area contributed by atoms with Gasteiger partial charge in [-0.05, 0) is 31.2 Å². The minimum absolute atomic E-state index is 0.118. The van der Waals surface area contributed by atoms with Crippen LogP contribution in [-0.4, -0.2) is 45.3 Å². The standard InChI is InChI=1S/C20H27N3O5/c24-17(9-10-21-20(26)28-14-15-6-2-1-3-7-15)19(25)16-12-22-23(13-16)18-8-4-5-11-27-18/h1-3,6-7,12-13,17-19,24-25H,4-5,8-11,14H2,(H,21,26)/t17?,18-,19?/m0/s1. The summed E-state index contributed by atoms with van der Waals surface area (Å²) in [5.41, 5.74) is 1.42. The SMILES string of the molecule is O=C(NCCC(O)C(O)c1cnn([C@@H]2CCCCO2)c1)OCc1ccccc1. The van der Waals surface area contributed by atoms with E-state index in [0.29, 0.717) is 12.2 Å². The van der Waals surface area contributed by atoms with Crippen LogP contribution in [0.4, 0.5) is 4.79 Å². The molecule has 1 aromatic heterocycles. The number of aliphatic hydroxyl groups excluding tert-OH is 2. The number of nitrogens with zero attached hydrogens (tertiary/aromatic N) is 2. The molecule has 1 aromatic carbocycles. The highest BCUT2D eigenvalue weighted by Gasteiger charge is 2.22. The van der Waals surface area contributed by atoms with Gasteiger partial charge in [-0.1, -0.05) is 30.3 Å². The number of carbonyl (C=O) groups excluding carboxylic acids is 1. The second kappa shape index (κ2) is 10.2. The third kappa shape index (κ3) is 5.79. The fraction of sp³-hybridized carbons (Fsp3) is 0.500. The second-order valence-electron chi connectivity index (χ2n) is 6.86. The van der Waals surface area contributed by atoms with E-state index in [-0.39, 0.29) is 25.8 Å². The molecule has 3 atom stereocenters. The second-order valence-corrected chi connectivity index (χ2v) is 6.86. The van der Waals surface area contributed by atoms with Crippen LogP contribution in [-0.2, 0) is 16.1 Å². The van der Waals surface area contributed by atoms with Crippen LogP contribution in [0.2, 0.25) is 0 Å². The normalized spacial score (nSPS) is 19.0. The van der Waals surface area contributed by atoms with E-state index < -0.39 is 18.3 Å². The molecule has 152 valence electrons. The monoisotopic (exact) mass is 389 g/mol. The van der Waals surface area contributed by atoms with E-state index in [1.165, 1.54) is 6.20 Å². The molecular weight excluding hydrogens is 362 g/mol. The van der Waals surface area contributed by atoms with Crippen molar-refractivity contribution in [3.63, 3.8) is 0 Å². The highest BCUT2D eigenvalue weighted by molar-refractivity contribution is 5.67. The van der Waals surface area contributed by atoms with Gasteiger partial charge in [-0.2, -0.15) is 5.10 Å². The zero-order valence-electron chi connectivity index (χ0n) is 15.7. The summed E-state index contributed by atoms with van der Waals surface area (Å²) in [4.78, 5) is 11.7. The van der Waals surface area contributed by atoms with Gasteiger partial charge in [-0.15, -0.1) is 0 Å². The first-order chi connectivity index (χ1) is 13.6. The first-order valence-corrected chi connectivity index (χ1v) is 9.60. The lowest BCUT2D eigenvalue weighted by Gasteiger charge is -2.22. The van der Waals surface area contributed by atoms with Crippen LogP contribution in [0.5, 0.6) is 0 Å². The van der Waals surface area contributed by atoms with Crippen molar-refractivity contribution >= 4 is 6.09 Å². The van der Waals surface area contributed by atoms with E-state index in [9.17, 15) is 15.0 Å². The Morgan fingerprint density at radius 3 is 2.89 bits per heavy atom. The molecule has 0 saturated carbocycles. The maximum absolute atomic E-state index is 11.7. The molecule has 3 rings (SSSR count). The molecule has 8 heteroatoms. The molecule has 3 N–H and O–H groups in total. The summed E-state index contributed by atoms with van der Waals surface area (Å²) >= 11 is 0. The molecule has 1 aliphatic rings. The van der Waals surface area contributed by atoms with Gasteiger partial charge < -0.3 is 25.0 Å². The van der Waals surface area contributed by atoms with Crippen molar-refractivity contribution in [2.24, 2.45) is 0 Å². The Morgan fingerprint density at radius 1 is 1.32 bits per heavy atom. The first kappa shape index (κ1) is 20.3. The number of alkyl carbamates (subject to hydrolysis) is 1. The smallest absolute Gasteiger partial charge is 0.407 e. The molecule has 1 aliphatic heterocycles. The van der Waals surface area contributed by atoms with Crippen LogP contribution in [0.1, 0.15) is 49.1 Å². The highest BCUT2D eigenvalue weighted by Crippen LogP contribution is 2.24. The number of aromatic nitrogens is 2. The average Bonchev–Trinajstić information content (AvgIpc) is 3.23. The molecule has 28 heavy (non-hydrogen) atoms. The van der Waals surface area contributed by atoms with E-state index in [2.05, 4.69) is 10.4 Å². The van der Waals surface area contributed by atoms with Crippen LogP contribution in [0.3, 0.4) is 0 Å². The molecular formula is C20H27N3O5. The molecule has 0 bridgehead atoms. The van der Waals surface area contributed by atoms with Gasteiger partial charge in [0.15, 0.2) is 0 Å². The van der Waals surface area contributed by atoms with E-state index in [4.69, 9.17) is 9.47 Å². The third-order valence-corrected chi connectivity index (χ3v) is 4.70. The Hall–Kier alpha value is -2.42. The van der Waals surface area contributed by atoms with Crippen LogP contribution in [0.15, 0.2) is 42.7 Å². The van der Waals surface area contributed by atoms with Crippen molar-refractivity contribution in [2.45, 2.75) is 50.7 Å². The number of nitrogens with one attached hydrogen (secondary N) is 1. The van der Waals surface area contributed by atoms with Crippen LogP contribution >= 0.6 is 0 Å². The van der Waals surface area contributed by atoms with Crippen LogP contribution < -0.4 is 5.32 Å². The molecule has 2 aromatic rings. The number of rotatable bonds is 8. The Bertz CT molecular complexity index is 730. The molecule has 0 spiro atoms. The van der Waals surface area contributed by atoms with Gasteiger partial charge in [0, 0.05) is 24.9 Å². The minimum Gasteiger partial charge on any atom is -0.445 e. The fourth-order valence-corrected chi connectivity index (χ4v) is 3.07. The molecule has 1 saturated heterocycles. The van der Waals surface area contributed by atoms with Gasteiger partial charge in [0.1, 0.15) is 18.9 Å². The number of hydrogen-bond donors (Lipinski definition) is 3. The Morgan fingerprint density at radius 2 is 2.14 bits per heavy atom. The molecule has 1 amide bonds. The lowest BCUT2D eigenvalue weighted by atomic mass is 10.1. The van der Waals surface area contributed by atoms with Crippen molar-refractivity contribution in [2.75, 3.05) is 13.2 Å². The van der Waals surface area contributed by atoms with Crippen molar-refractivity contribution in [3.8, 4) is 0 Å². The third-order valence-electron chi connectivity index (χ3n) is 4.70. The van der Waals surface area contributed by atoms with E-state index in [1.807, 2.05) is 30.3 Å². The maximum atomic E-state index is 11.7. The summed E-state index contributed by atoms with van der Waals surface area (Å²) in [6, 6.07) is 9.37. The summed E-state index contributed by atoms with van der Waals surface area (Å²) in [5.74, 6) is 0. The van der Waals surface area contributed by atoms with E-state index in [0.717, 1.165) is 24.8 Å². The lowest BCUT2D eigenvalue weighted by molar-refractivity contribution is -0.0398. The number of hydrogen-bond acceptors (Lipinski definition) is 6. The number of amides is 1. The summed E-state index contributed by atoms with van der Waals surface area (Å²) < 4.78 is 12.4. The van der Waals surface area contributed by atoms with E-state index in [1.54, 1.807) is 10.9 Å². The predicted octanol–water partition coefficient (Wildman–Crippen LogP) is 2.29. The molecule has 1 fully saturated rings. The molecule has 2 heterocycles. The number of ether oxygens (including phenoxy) is 2. The maximum Gasteiger partial charge on any atom is 0.407 e. The lowest BCUT2D eigenvalue weighted by Crippen LogP contribution is -2.29. The van der Waals surface area contributed by atoms with Gasteiger partial charge >= 0.3 is 6.09 Å². The van der Waals surface area contributed by atoms with Gasteiger partial charge in [0.05, 0.1) is 12.3 Å². The van der Waals surface area contributed by atoms with Gasteiger partial charge in [-0.3, -0.25) is 0 Å². The van der Waals surface area contributed by atoms with Gasteiger partial charge in [0.25, 0.3) is 0 Å². The summed E-state index contributed by atoms with van der Waals surface area (Å²) in [6.07, 6.45) is 3.64. The topological polar surface area (TPSA) is 106 Å². The number of benzene rings is 1. The molecule has 0 aliphatic carbocycles. The Kier molecular flexibility index (Phi) is 7.41. The van der Waals surface area contributed by atoms with Crippen molar-refractivity contribution in [1.29, 1.82) is 0 Å². The van der Waals surface area contributed by atoms with Crippen molar-refractivity contribution in [1.82, 2.24) is 15.1 Å². The van der Waals surface area contributed by atoms with Gasteiger partial charge in [0.2, 0.25) is 0 Å². The molecule has 2 unspecified atom stereocenters. The fourth-order valence-electron chi connectivity index (χ4n) is 3.07. The zero-order valence-corrected chi connectivity index (χ0v) is 15.7. The quantitative estimate of drug-likeness (QED) is 0.640. The molecule has 8 nitrogen and oxygen atoms in total. The number of aliphatic hydroxyl groups is 2. The molecule has 0 radical (unpaired) electrons.